The predicted octanol–water partition coefficient (Wildman–Crippen LogP) is 8.05. The number of nitrogens with zero attached hydrogens (tertiary/aromatic N) is 3. The van der Waals surface area contributed by atoms with Gasteiger partial charge in [0.25, 0.3) is 5.91 Å². The molecule has 39 heavy (non-hydrogen) atoms. The van der Waals surface area contributed by atoms with Crippen molar-refractivity contribution in [2.24, 2.45) is 5.92 Å². The number of amides is 1. The lowest BCUT2D eigenvalue weighted by atomic mass is 9.92. The molecule has 2 aliphatic rings. The maximum Gasteiger partial charge on any atom is 0.274 e. The topological polar surface area (TPSA) is 59.4 Å². The Hall–Kier alpha value is -2.54. The van der Waals surface area contributed by atoms with Crippen LogP contribution in [-0.4, -0.2) is 39.7 Å². The van der Waals surface area contributed by atoms with Crippen LogP contribution in [0.15, 0.2) is 48.5 Å². The van der Waals surface area contributed by atoms with Crippen LogP contribution in [0, 0.1) is 5.92 Å². The van der Waals surface area contributed by atoms with Gasteiger partial charge in [0.1, 0.15) is 5.75 Å². The summed E-state index contributed by atoms with van der Waals surface area (Å²) in [7, 11) is 0. The van der Waals surface area contributed by atoms with E-state index in [2.05, 4.69) is 12.2 Å². The van der Waals surface area contributed by atoms with Gasteiger partial charge in [-0.25, -0.2) is 0 Å². The standard InChI is InChI=1S/C31H38Cl2N4O2/c1-2-8-22-17-19-36(20-18-22)30(38)29-26(21-34-24-9-4-3-5-10-24)31(39-25-15-13-23(32)14-16-25)37(35-29)28-12-7-6-11-27(28)33/h6-7,11-16,22,24,34H,2-5,8-10,17-21H2,1H3. The molecule has 0 atom stereocenters. The van der Waals surface area contributed by atoms with E-state index in [9.17, 15) is 4.79 Å². The molecule has 1 saturated carbocycles. The van der Waals surface area contributed by atoms with Gasteiger partial charge in [-0.2, -0.15) is 9.78 Å². The largest absolute Gasteiger partial charge is 0.439 e. The van der Waals surface area contributed by atoms with Gasteiger partial charge in [0, 0.05) is 30.7 Å². The lowest BCUT2D eigenvalue weighted by Gasteiger charge is -2.31. The van der Waals surface area contributed by atoms with Crippen molar-refractivity contribution in [2.45, 2.75) is 77.3 Å². The van der Waals surface area contributed by atoms with Crippen LogP contribution in [-0.2, 0) is 6.54 Å². The third-order valence-corrected chi connectivity index (χ3v) is 8.59. The number of rotatable bonds is 9. The van der Waals surface area contributed by atoms with Gasteiger partial charge in [0.2, 0.25) is 5.88 Å². The van der Waals surface area contributed by atoms with Crippen molar-refractivity contribution in [2.75, 3.05) is 13.1 Å². The van der Waals surface area contributed by atoms with Crippen molar-refractivity contribution < 1.29 is 9.53 Å². The Bertz CT molecular complexity index is 1250. The van der Waals surface area contributed by atoms with Crippen molar-refractivity contribution >= 4 is 29.1 Å². The molecule has 1 saturated heterocycles. The number of hydrogen-bond donors (Lipinski definition) is 1. The van der Waals surface area contributed by atoms with Crippen LogP contribution in [0.5, 0.6) is 11.6 Å². The summed E-state index contributed by atoms with van der Waals surface area (Å²) in [6, 6.07) is 15.2. The average molecular weight is 570 g/mol. The van der Waals surface area contributed by atoms with E-state index in [1.807, 2.05) is 41.3 Å². The van der Waals surface area contributed by atoms with E-state index in [1.54, 1.807) is 16.8 Å². The van der Waals surface area contributed by atoms with Gasteiger partial charge in [0.05, 0.1) is 16.3 Å². The first-order valence-corrected chi connectivity index (χ1v) is 15.1. The summed E-state index contributed by atoms with van der Waals surface area (Å²) < 4.78 is 8.17. The lowest BCUT2D eigenvalue weighted by Crippen LogP contribution is -2.39. The van der Waals surface area contributed by atoms with E-state index >= 15 is 0 Å². The number of ether oxygens (including phenoxy) is 1. The highest BCUT2D eigenvalue weighted by Crippen LogP contribution is 2.35. The number of likely N-dealkylation sites (tertiary alicyclic amines) is 1. The number of carbonyl (C=O) groups excluding carboxylic acids is 1. The van der Waals surface area contributed by atoms with Gasteiger partial charge in [0.15, 0.2) is 5.69 Å². The fraction of sp³-hybridized carbons (Fsp3) is 0.484. The second-order valence-electron chi connectivity index (χ2n) is 10.8. The number of benzene rings is 2. The molecule has 2 heterocycles. The highest BCUT2D eigenvalue weighted by Gasteiger charge is 2.31. The molecule has 2 aromatic carbocycles. The molecule has 208 valence electrons. The number of hydrogen-bond acceptors (Lipinski definition) is 4. The van der Waals surface area contributed by atoms with Gasteiger partial charge in [-0.15, -0.1) is 0 Å². The summed E-state index contributed by atoms with van der Waals surface area (Å²) >= 11 is 12.8. The molecule has 0 spiro atoms. The summed E-state index contributed by atoms with van der Waals surface area (Å²) in [5.41, 5.74) is 1.86. The maximum atomic E-state index is 14.0. The normalized spacial score (nSPS) is 16.9. The quantitative estimate of drug-likeness (QED) is 0.283. The minimum absolute atomic E-state index is 0.0443. The molecule has 0 unspecified atom stereocenters. The first-order chi connectivity index (χ1) is 19.0. The smallest absolute Gasteiger partial charge is 0.274 e. The van der Waals surface area contributed by atoms with Crippen LogP contribution >= 0.6 is 23.2 Å². The maximum absolute atomic E-state index is 14.0. The summed E-state index contributed by atoms with van der Waals surface area (Å²) in [6.45, 7) is 4.23. The summed E-state index contributed by atoms with van der Waals surface area (Å²) in [5.74, 6) is 1.76. The Labute approximate surface area is 241 Å². The first-order valence-electron chi connectivity index (χ1n) is 14.4. The number of aromatic nitrogens is 2. The van der Waals surface area contributed by atoms with Crippen molar-refractivity contribution in [3.63, 3.8) is 0 Å². The van der Waals surface area contributed by atoms with Crippen LogP contribution in [0.4, 0.5) is 0 Å². The number of halogens is 2. The lowest BCUT2D eigenvalue weighted by molar-refractivity contribution is 0.0678. The van der Waals surface area contributed by atoms with Crippen LogP contribution in [0.2, 0.25) is 10.0 Å². The predicted molar refractivity (Wildman–Crippen MR) is 157 cm³/mol. The van der Waals surface area contributed by atoms with Gasteiger partial charge >= 0.3 is 0 Å². The summed E-state index contributed by atoms with van der Waals surface area (Å²) in [5, 5.41) is 9.78. The van der Waals surface area contributed by atoms with Crippen LogP contribution < -0.4 is 10.1 Å². The summed E-state index contributed by atoms with van der Waals surface area (Å²) in [4.78, 5) is 16.0. The second-order valence-corrected chi connectivity index (χ2v) is 11.6. The number of nitrogens with one attached hydrogen (secondary N) is 1. The molecule has 6 nitrogen and oxygen atoms in total. The molecule has 1 amide bonds. The minimum atomic E-state index is -0.0443. The Morgan fingerprint density at radius 1 is 1.00 bits per heavy atom. The van der Waals surface area contributed by atoms with Gasteiger partial charge in [-0.05, 0) is 68.0 Å². The molecule has 1 aliphatic carbocycles. The average Bonchev–Trinajstić information content (AvgIpc) is 3.31. The molecule has 3 aromatic rings. The highest BCUT2D eigenvalue weighted by atomic mass is 35.5. The molecular formula is C31H38Cl2N4O2. The Morgan fingerprint density at radius 3 is 2.41 bits per heavy atom. The zero-order chi connectivity index (χ0) is 27.2. The van der Waals surface area contributed by atoms with Crippen molar-refractivity contribution in [1.29, 1.82) is 0 Å². The third kappa shape index (κ3) is 6.79. The van der Waals surface area contributed by atoms with E-state index < -0.39 is 0 Å². The molecule has 1 N–H and O–H groups in total. The van der Waals surface area contributed by atoms with Crippen LogP contribution in [0.3, 0.4) is 0 Å². The Morgan fingerprint density at radius 2 is 1.72 bits per heavy atom. The van der Waals surface area contributed by atoms with Gasteiger partial charge < -0.3 is 15.0 Å². The van der Waals surface area contributed by atoms with Gasteiger partial charge in [-0.3, -0.25) is 4.79 Å². The van der Waals surface area contributed by atoms with Crippen molar-refractivity contribution in [1.82, 2.24) is 20.0 Å². The number of para-hydroxylation sites is 1. The van der Waals surface area contributed by atoms with E-state index in [0.29, 0.717) is 51.6 Å². The Kier molecular flexibility index (Phi) is 9.49. The number of carbonyl (C=O) groups is 1. The third-order valence-electron chi connectivity index (χ3n) is 8.02. The van der Waals surface area contributed by atoms with E-state index in [1.165, 1.54) is 32.1 Å². The van der Waals surface area contributed by atoms with E-state index in [-0.39, 0.29) is 5.91 Å². The molecule has 2 fully saturated rings. The fourth-order valence-electron chi connectivity index (χ4n) is 5.81. The van der Waals surface area contributed by atoms with Crippen molar-refractivity contribution in [3.05, 3.63) is 69.8 Å². The summed E-state index contributed by atoms with van der Waals surface area (Å²) in [6.07, 6.45) is 10.5. The Balaban J connectivity index is 1.54. The van der Waals surface area contributed by atoms with E-state index in [0.717, 1.165) is 44.3 Å². The van der Waals surface area contributed by atoms with Crippen LogP contribution in [0.1, 0.15) is 80.8 Å². The molecule has 1 aromatic heterocycles. The van der Waals surface area contributed by atoms with Gasteiger partial charge in [-0.1, -0.05) is 74.4 Å². The molecule has 0 bridgehead atoms. The molecule has 1 aliphatic heterocycles. The monoisotopic (exact) mass is 568 g/mol. The molecule has 5 rings (SSSR count). The van der Waals surface area contributed by atoms with Crippen LogP contribution in [0.25, 0.3) is 5.69 Å². The molecule has 8 heteroatoms. The SMILES string of the molecule is CCCC1CCN(C(=O)c2nn(-c3ccccc3Cl)c(Oc3ccc(Cl)cc3)c2CNC2CCCCC2)CC1. The molecule has 0 radical (unpaired) electrons. The zero-order valence-corrected chi connectivity index (χ0v) is 24.2. The fourth-order valence-corrected chi connectivity index (χ4v) is 6.15. The zero-order valence-electron chi connectivity index (χ0n) is 22.7. The van der Waals surface area contributed by atoms with Crippen molar-refractivity contribution in [3.8, 4) is 17.3 Å². The second kappa shape index (κ2) is 13.2. The highest BCUT2D eigenvalue weighted by molar-refractivity contribution is 6.32. The number of piperidine rings is 1. The first kappa shape index (κ1) is 28.0. The van der Waals surface area contributed by atoms with E-state index in [4.69, 9.17) is 33.0 Å². The minimum Gasteiger partial charge on any atom is -0.439 e. The molecular weight excluding hydrogens is 531 g/mol.